The van der Waals surface area contributed by atoms with Crippen molar-refractivity contribution in [3.63, 3.8) is 0 Å². The molecule has 0 spiro atoms. The fourth-order valence-corrected chi connectivity index (χ4v) is 1.10. The number of nitrogens with one attached hydrogen (secondary N) is 1. The predicted molar refractivity (Wildman–Crippen MR) is 48.9 cm³/mol. The second kappa shape index (κ2) is 4.95. The van der Waals surface area contributed by atoms with Gasteiger partial charge in [0, 0.05) is 32.0 Å². The Labute approximate surface area is 73.0 Å². The van der Waals surface area contributed by atoms with Gasteiger partial charge in [-0.1, -0.05) is 0 Å². The minimum absolute atomic E-state index is 0.203. The molecule has 1 aromatic rings. The van der Waals surface area contributed by atoms with Crippen molar-refractivity contribution in [3.05, 3.63) is 24.0 Å². The third kappa shape index (κ3) is 2.68. The molecule has 1 rings (SSSR count). The molecular formula is C9H16N2O. The Kier molecular flexibility index (Phi) is 3.84. The average molecular weight is 168 g/mol. The summed E-state index contributed by atoms with van der Waals surface area (Å²) in [6, 6.07) is 2.09. The van der Waals surface area contributed by atoms with Crippen molar-refractivity contribution in [2.75, 3.05) is 13.2 Å². The van der Waals surface area contributed by atoms with Gasteiger partial charge in [-0.3, -0.25) is 0 Å². The molecular weight excluding hydrogens is 152 g/mol. The minimum Gasteiger partial charge on any atom is -0.395 e. The lowest BCUT2D eigenvalue weighted by Crippen LogP contribution is -2.17. The molecule has 0 atom stereocenters. The maximum atomic E-state index is 8.53. The Balaban J connectivity index is 2.31. The van der Waals surface area contributed by atoms with Crippen LogP contribution in [0.1, 0.15) is 12.5 Å². The van der Waals surface area contributed by atoms with Gasteiger partial charge in [-0.15, -0.1) is 0 Å². The van der Waals surface area contributed by atoms with E-state index >= 15 is 0 Å². The highest BCUT2D eigenvalue weighted by molar-refractivity contribution is 5.09. The zero-order chi connectivity index (χ0) is 8.81. The van der Waals surface area contributed by atoms with E-state index in [-0.39, 0.29) is 6.61 Å². The van der Waals surface area contributed by atoms with Crippen LogP contribution in [0.3, 0.4) is 0 Å². The quantitative estimate of drug-likeness (QED) is 0.631. The van der Waals surface area contributed by atoms with E-state index in [0.29, 0.717) is 6.54 Å². The predicted octanol–water partition coefficient (Wildman–Crippen LogP) is 0.590. The van der Waals surface area contributed by atoms with Crippen LogP contribution in [0.15, 0.2) is 18.5 Å². The van der Waals surface area contributed by atoms with Crippen LogP contribution in [-0.4, -0.2) is 22.8 Å². The Hall–Kier alpha value is -0.800. The molecule has 3 nitrogen and oxygen atoms in total. The van der Waals surface area contributed by atoms with Gasteiger partial charge < -0.3 is 15.0 Å². The number of aryl methyl sites for hydroxylation is 1. The number of rotatable bonds is 5. The number of aromatic nitrogens is 1. The Bertz CT molecular complexity index is 220. The van der Waals surface area contributed by atoms with Gasteiger partial charge in [0.15, 0.2) is 0 Å². The summed E-state index contributed by atoms with van der Waals surface area (Å²) in [6.45, 7) is 4.84. The topological polar surface area (TPSA) is 37.2 Å². The molecule has 0 fully saturated rings. The van der Waals surface area contributed by atoms with Gasteiger partial charge in [-0.2, -0.15) is 0 Å². The second-order valence-electron chi connectivity index (χ2n) is 2.75. The van der Waals surface area contributed by atoms with Gasteiger partial charge in [0.05, 0.1) is 6.61 Å². The molecule has 0 aliphatic rings. The van der Waals surface area contributed by atoms with Crippen molar-refractivity contribution in [1.82, 2.24) is 9.88 Å². The number of hydrogen-bond donors (Lipinski definition) is 2. The molecule has 2 N–H and O–H groups in total. The number of nitrogens with zero attached hydrogens (tertiary/aromatic N) is 1. The highest BCUT2D eigenvalue weighted by Gasteiger charge is 1.93. The summed E-state index contributed by atoms with van der Waals surface area (Å²) in [5, 5.41) is 11.7. The van der Waals surface area contributed by atoms with E-state index in [9.17, 15) is 0 Å². The summed E-state index contributed by atoms with van der Waals surface area (Å²) in [6.07, 6.45) is 4.18. The molecule has 12 heavy (non-hydrogen) atoms. The molecule has 0 aliphatic carbocycles. The highest BCUT2D eigenvalue weighted by Crippen LogP contribution is 1.99. The van der Waals surface area contributed by atoms with Crippen molar-refractivity contribution in [2.45, 2.75) is 20.0 Å². The molecule has 0 saturated carbocycles. The highest BCUT2D eigenvalue weighted by atomic mass is 16.3. The lowest BCUT2D eigenvalue weighted by atomic mass is 10.3. The van der Waals surface area contributed by atoms with Gasteiger partial charge in [-0.05, 0) is 18.6 Å². The van der Waals surface area contributed by atoms with Crippen molar-refractivity contribution in [1.29, 1.82) is 0 Å². The standard InChI is InChI=1S/C9H16N2O/c1-2-11-5-3-9(8-11)7-10-4-6-12/h3,5,8,10,12H,2,4,6-7H2,1H3. The Morgan fingerprint density at radius 1 is 1.58 bits per heavy atom. The van der Waals surface area contributed by atoms with Crippen LogP contribution < -0.4 is 5.32 Å². The van der Waals surface area contributed by atoms with Crippen LogP contribution in [0.4, 0.5) is 0 Å². The van der Waals surface area contributed by atoms with E-state index in [4.69, 9.17) is 5.11 Å². The Morgan fingerprint density at radius 2 is 2.42 bits per heavy atom. The number of aliphatic hydroxyl groups is 1. The van der Waals surface area contributed by atoms with Crippen molar-refractivity contribution in [2.24, 2.45) is 0 Å². The van der Waals surface area contributed by atoms with E-state index in [0.717, 1.165) is 13.1 Å². The lowest BCUT2D eigenvalue weighted by molar-refractivity contribution is 0.292. The van der Waals surface area contributed by atoms with Crippen LogP contribution in [0, 0.1) is 0 Å². The molecule has 0 amide bonds. The number of hydrogen-bond acceptors (Lipinski definition) is 2. The molecule has 1 heterocycles. The molecule has 0 radical (unpaired) electrons. The van der Waals surface area contributed by atoms with E-state index in [2.05, 4.69) is 35.3 Å². The first-order chi connectivity index (χ1) is 5.86. The molecule has 0 aromatic carbocycles. The second-order valence-corrected chi connectivity index (χ2v) is 2.75. The van der Waals surface area contributed by atoms with Gasteiger partial charge in [0.1, 0.15) is 0 Å². The largest absolute Gasteiger partial charge is 0.395 e. The molecule has 3 heteroatoms. The summed E-state index contributed by atoms with van der Waals surface area (Å²) in [4.78, 5) is 0. The van der Waals surface area contributed by atoms with E-state index in [1.807, 2.05) is 0 Å². The monoisotopic (exact) mass is 168 g/mol. The van der Waals surface area contributed by atoms with Crippen LogP contribution in [0.25, 0.3) is 0 Å². The zero-order valence-electron chi connectivity index (χ0n) is 7.45. The summed E-state index contributed by atoms with van der Waals surface area (Å²) in [7, 11) is 0. The molecule has 0 saturated heterocycles. The van der Waals surface area contributed by atoms with Gasteiger partial charge >= 0.3 is 0 Å². The maximum absolute atomic E-state index is 8.53. The fourth-order valence-electron chi connectivity index (χ4n) is 1.10. The minimum atomic E-state index is 0.203. The van der Waals surface area contributed by atoms with Gasteiger partial charge in [-0.25, -0.2) is 0 Å². The van der Waals surface area contributed by atoms with Crippen molar-refractivity contribution in [3.8, 4) is 0 Å². The van der Waals surface area contributed by atoms with Crippen LogP contribution in [-0.2, 0) is 13.1 Å². The zero-order valence-corrected chi connectivity index (χ0v) is 7.45. The third-order valence-corrected chi connectivity index (χ3v) is 1.79. The summed E-state index contributed by atoms with van der Waals surface area (Å²) in [5.74, 6) is 0. The molecule has 68 valence electrons. The van der Waals surface area contributed by atoms with Crippen LogP contribution in [0.2, 0.25) is 0 Å². The Morgan fingerprint density at radius 3 is 3.00 bits per heavy atom. The van der Waals surface area contributed by atoms with Crippen molar-refractivity contribution >= 4 is 0 Å². The first-order valence-electron chi connectivity index (χ1n) is 4.33. The summed E-state index contributed by atoms with van der Waals surface area (Å²) >= 11 is 0. The molecule has 0 unspecified atom stereocenters. The average Bonchev–Trinajstić information content (AvgIpc) is 2.53. The smallest absolute Gasteiger partial charge is 0.0556 e. The summed E-state index contributed by atoms with van der Waals surface area (Å²) in [5.41, 5.74) is 1.27. The van der Waals surface area contributed by atoms with E-state index in [1.165, 1.54) is 5.56 Å². The molecule has 1 aromatic heterocycles. The third-order valence-electron chi connectivity index (χ3n) is 1.79. The van der Waals surface area contributed by atoms with Crippen LogP contribution >= 0.6 is 0 Å². The van der Waals surface area contributed by atoms with Gasteiger partial charge in [0.25, 0.3) is 0 Å². The van der Waals surface area contributed by atoms with Gasteiger partial charge in [0.2, 0.25) is 0 Å². The van der Waals surface area contributed by atoms with Crippen molar-refractivity contribution < 1.29 is 5.11 Å². The lowest BCUT2D eigenvalue weighted by Gasteiger charge is -1.99. The van der Waals surface area contributed by atoms with Crippen LogP contribution in [0.5, 0.6) is 0 Å². The maximum Gasteiger partial charge on any atom is 0.0556 e. The first-order valence-corrected chi connectivity index (χ1v) is 4.33. The molecule has 0 aliphatic heterocycles. The fraction of sp³-hybridized carbons (Fsp3) is 0.556. The molecule has 0 bridgehead atoms. The van der Waals surface area contributed by atoms with E-state index in [1.54, 1.807) is 0 Å². The SMILES string of the molecule is CCn1ccc(CNCCO)c1. The normalized spacial score (nSPS) is 10.5. The summed E-state index contributed by atoms with van der Waals surface area (Å²) < 4.78 is 2.13. The first kappa shape index (κ1) is 9.29. The van der Waals surface area contributed by atoms with E-state index < -0.39 is 0 Å². The number of aliphatic hydroxyl groups excluding tert-OH is 1.